The zero-order valence-corrected chi connectivity index (χ0v) is 18.0. The highest BCUT2D eigenvalue weighted by Gasteiger charge is 2.16. The minimum atomic E-state index is -0.0953. The van der Waals surface area contributed by atoms with Crippen LogP contribution in [0.15, 0.2) is 58.3 Å². The number of anilines is 1. The topological polar surface area (TPSA) is 51.7 Å². The molecule has 0 spiro atoms. The van der Waals surface area contributed by atoms with Crippen molar-refractivity contribution in [2.75, 3.05) is 39.1 Å². The number of aliphatic imine (C=N–C) groups is 1. The fourth-order valence-electron chi connectivity index (χ4n) is 3.49. The molecule has 0 atom stereocenters. The van der Waals surface area contributed by atoms with Crippen molar-refractivity contribution in [3.05, 3.63) is 70.0 Å². The third kappa shape index (κ3) is 4.93. The number of fused-ring (bicyclic) bond motifs is 1. The highest BCUT2D eigenvalue weighted by atomic mass is 16.1. The summed E-state index contributed by atoms with van der Waals surface area (Å²) in [7, 11) is 6.29. The highest BCUT2D eigenvalue weighted by Crippen LogP contribution is 2.28. The average molecular weight is 391 g/mol. The van der Waals surface area contributed by atoms with E-state index in [0.717, 1.165) is 53.4 Å². The predicted octanol–water partition coefficient (Wildman–Crippen LogP) is 4.32. The van der Waals surface area contributed by atoms with Gasteiger partial charge >= 0.3 is 0 Å². The molecule has 1 aliphatic heterocycles. The fourth-order valence-corrected chi connectivity index (χ4v) is 3.49. The second-order valence-electron chi connectivity index (χ2n) is 7.81. The summed E-state index contributed by atoms with van der Waals surface area (Å²) >= 11 is 0. The number of rotatable bonds is 7. The molecular formula is C24H30N4O. The maximum absolute atomic E-state index is 12.6. The molecule has 152 valence electrons. The molecule has 0 aromatic heterocycles. The Hall–Kier alpha value is -2.92. The number of hydrogen-bond donors (Lipinski definition) is 1. The van der Waals surface area contributed by atoms with Gasteiger partial charge in [-0.15, -0.1) is 0 Å². The van der Waals surface area contributed by atoms with E-state index in [4.69, 9.17) is 4.99 Å². The molecule has 0 amide bonds. The molecule has 0 saturated heterocycles. The van der Waals surface area contributed by atoms with Gasteiger partial charge in [0.2, 0.25) is 0 Å². The van der Waals surface area contributed by atoms with Crippen LogP contribution in [0.3, 0.4) is 0 Å². The van der Waals surface area contributed by atoms with Crippen molar-refractivity contribution in [3.63, 3.8) is 0 Å². The Morgan fingerprint density at radius 2 is 1.79 bits per heavy atom. The number of nitrogens with one attached hydrogen (secondary N) is 1. The standard InChI is InChI=1S/C24H30N4O/c1-17-12-13-19(28(5)15-9-14-27(3)4)16-22(17)25-18(2)23-20-10-7-6-8-11-21(20)26-24(23)29/h6-8,10-13,16H,9,14-15H2,1-5H3,(H,26,29). The van der Waals surface area contributed by atoms with Crippen molar-refractivity contribution in [2.45, 2.75) is 20.3 Å². The molecule has 29 heavy (non-hydrogen) atoms. The van der Waals surface area contributed by atoms with Crippen molar-refractivity contribution >= 4 is 17.1 Å². The van der Waals surface area contributed by atoms with Crippen molar-refractivity contribution in [1.29, 1.82) is 0 Å². The number of benzene rings is 1. The molecule has 1 aromatic carbocycles. The van der Waals surface area contributed by atoms with Gasteiger partial charge in [-0.05, 0) is 64.7 Å². The van der Waals surface area contributed by atoms with Crippen molar-refractivity contribution in [1.82, 2.24) is 9.88 Å². The minimum absolute atomic E-state index is 0.0953. The van der Waals surface area contributed by atoms with Crippen LogP contribution in [0.1, 0.15) is 24.5 Å². The average Bonchev–Trinajstić information content (AvgIpc) is 2.82. The van der Waals surface area contributed by atoms with Crippen LogP contribution in [-0.2, 0) is 0 Å². The van der Waals surface area contributed by atoms with Gasteiger partial charge in [-0.2, -0.15) is 0 Å². The maximum atomic E-state index is 12.6. The number of aromatic nitrogens is 1. The van der Waals surface area contributed by atoms with Gasteiger partial charge in [0.15, 0.2) is 0 Å². The third-order valence-electron chi connectivity index (χ3n) is 5.17. The Kier molecular flexibility index (Phi) is 6.49. The van der Waals surface area contributed by atoms with Crippen LogP contribution in [0.4, 0.5) is 11.4 Å². The number of H-pyrrole nitrogens is 1. The first-order valence-corrected chi connectivity index (χ1v) is 10.00. The van der Waals surface area contributed by atoms with Crippen LogP contribution in [-0.4, -0.2) is 49.8 Å². The maximum Gasteiger partial charge on any atom is 0.258 e. The summed E-state index contributed by atoms with van der Waals surface area (Å²) < 4.78 is 0. The van der Waals surface area contributed by atoms with Crippen LogP contribution < -0.4 is 10.5 Å². The third-order valence-corrected chi connectivity index (χ3v) is 5.17. The fraction of sp³-hybridized carbons (Fsp3) is 0.333. The van der Waals surface area contributed by atoms with E-state index in [1.807, 2.05) is 37.3 Å². The Morgan fingerprint density at radius 1 is 1.03 bits per heavy atom. The van der Waals surface area contributed by atoms with Gasteiger partial charge in [-0.3, -0.25) is 9.79 Å². The molecule has 2 aliphatic rings. The molecule has 0 unspecified atom stereocenters. The van der Waals surface area contributed by atoms with E-state index >= 15 is 0 Å². The molecule has 5 heteroatoms. The SMILES string of the molecule is CC(=Nc1cc(N(C)CCCN(C)C)ccc1C)c1c2cccccc-2[nH]c1=O. The largest absolute Gasteiger partial charge is 0.374 e. The second kappa shape index (κ2) is 9.05. The molecule has 1 N–H and O–H groups in total. The highest BCUT2D eigenvalue weighted by molar-refractivity contribution is 6.05. The molecule has 1 aromatic rings. The lowest BCUT2D eigenvalue weighted by Gasteiger charge is -2.21. The number of aryl methyl sites for hydroxylation is 1. The number of hydrogen-bond acceptors (Lipinski definition) is 4. The molecule has 1 heterocycles. The predicted molar refractivity (Wildman–Crippen MR) is 123 cm³/mol. The van der Waals surface area contributed by atoms with Crippen molar-refractivity contribution in [2.24, 2.45) is 4.99 Å². The van der Waals surface area contributed by atoms with Crippen LogP contribution >= 0.6 is 0 Å². The first-order valence-electron chi connectivity index (χ1n) is 10.00. The summed E-state index contributed by atoms with van der Waals surface area (Å²) in [5, 5.41) is 0. The Labute approximate surface area is 173 Å². The van der Waals surface area contributed by atoms with Crippen LogP contribution in [0.2, 0.25) is 0 Å². The molecule has 1 aliphatic carbocycles. The van der Waals surface area contributed by atoms with E-state index in [1.165, 1.54) is 0 Å². The van der Waals surface area contributed by atoms with Gasteiger partial charge in [0.1, 0.15) is 0 Å². The minimum Gasteiger partial charge on any atom is -0.374 e. The molecule has 5 nitrogen and oxygen atoms in total. The van der Waals surface area contributed by atoms with E-state index < -0.39 is 0 Å². The van der Waals surface area contributed by atoms with E-state index in [1.54, 1.807) is 0 Å². The Morgan fingerprint density at radius 3 is 2.55 bits per heavy atom. The van der Waals surface area contributed by atoms with E-state index in [0.29, 0.717) is 5.56 Å². The van der Waals surface area contributed by atoms with Crippen molar-refractivity contribution in [3.8, 4) is 11.3 Å². The second-order valence-corrected chi connectivity index (χ2v) is 7.81. The van der Waals surface area contributed by atoms with Gasteiger partial charge in [-0.25, -0.2) is 0 Å². The normalized spacial score (nSPS) is 12.0. The molecule has 0 saturated carbocycles. The van der Waals surface area contributed by atoms with Crippen molar-refractivity contribution < 1.29 is 0 Å². The Bertz CT molecular complexity index is 1040. The molecule has 0 fully saturated rings. The van der Waals surface area contributed by atoms with E-state index in [-0.39, 0.29) is 5.56 Å². The first-order chi connectivity index (χ1) is 13.9. The summed E-state index contributed by atoms with van der Waals surface area (Å²) in [6.07, 6.45) is 1.10. The van der Waals surface area contributed by atoms with Crippen LogP contribution in [0, 0.1) is 6.92 Å². The van der Waals surface area contributed by atoms with E-state index in [2.05, 4.69) is 61.0 Å². The Balaban J connectivity index is 1.91. The van der Waals surface area contributed by atoms with Gasteiger partial charge < -0.3 is 14.8 Å². The molecule has 3 rings (SSSR count). The van der Waals surface area contributed by atoms with E-state index in [9.17, 15) is 4.79 Å². The smallest absolute Gasteiger partial charge is 0.258 e. The summed E-state index contributed by atoms with van der Waals surface area (Å²) in [5.74, 6) is 0. The zero-order chi connectivity index (χ0) is 21.0. The molecule has 0 bridgehead atoms. The summed E-state index contributed by atoms with van der Waals surface area (Å²) in [6.45, 7) is 6.00. The number of nitrogens with zero attached hydrogens (tertiary/aromatic N) is 3. The number of aromatic amines is 1. The molecule has 0 radical (unpaired) electrons. The zero-order valence-electron chi connectivity index (χ0n) is 18.0. The monoisotopic (exact) mass is 390 g/mol. The summed E-state index contributed by atoms with van der Waals surface area (Å²) in [4.78, 5) is 24.8. The lowest BCUT2D eigenvalue weighted by atomic mass is 10.1. The summed E-state index contributed by atoms with van der Waals surface area (Å²) in [5.41, 5.74) is 6.12. The lowest BCUT2D eigenvalue weighted by molar-refractivity contribution is 0.401. The quantitative estimate of drug-likeness (QED) is 0.612. The molecular weight excluding hydrogens is 360 g/mol. The van der Waals surface area contributed by atoms with Gasteiger partial charge in [-0.1, -0.05) is 30.3 Å². The summed E-state index contributed by atoms with van der Waals surface area (Å²) in [6, 6.07) is 16.0. The van der Waals surface area contributed by atoms with Crippen LogP contribution in [0.25, 0.3) is 11.3 Å². The van der Waals surface area contributed by atoms with Gasteiger partial charge in [0, 0.05) is 30.5 Å². The lowest BCUT2D eigenvalue weighted by Crippen LogP contribution is -2.23. The van der Waals surface area contributed by atoms with Crippen LogP contribution in [0.5, 0.6) is 0 Å². The van der Waals surface area contributed by atoms with Gasteiger partial charge in [0.25, 0.3) is 5.56 Å². The van der Waals surface area contributed by atoms with Gasteiger partial charge in [0.05, 0.1) is 17.0 Å². The first kappa shape index (κ1) is 20.8.